The van der Waals surface area contributed by atoms with Gasteiger partial charge in [0.2, 0.25) is 0 Å². The molecule has 3 nitrogen and oxygen atoms in total. The normalized spacial score (nSPS) is 16.4. The summed E-state index contributed by atoms with van der Waals surface area (Å²) in [6, 6.07) is 2.02. The number of carbonyl (C=O) groups excluding carboxylic acids is 1. The molecule has 17 heavy (non-hydrogen) atoms. The second-order valence-corrected chi connectivity index (χ2v) is 6.50. The number of hydrogen-bond acceptors (Lipinski definition) is 4. The number of aliphatic hydroxyl groups is 1. The molecule has 94 valence electrons. The van der Waals surface area contributed by atoms with Crippen molar-refractivity contribution in [2.45, 2.75) is 31.6 Å². The number of carbonyl (C=O) groups is 1. The first-order valence-corrected chi connectivity index (χ1v) is 7.79. The summed E-state index contributed by atoms with van der Waals surface area (Å²) in [6.45, 7) is 2.26. The molecule has 1 amide bonds. The standard InChI is InChI=1S/C12H17NO2S2/c1-8(14)2-4-13-12(15)11-6-9-7-16-5-3-10(9)17-11/h6,8,14H,2-5,7H2,1H3,(H,13,15). The fourth-order valence-electron chi connectivity index (χ4n) is 1.74. The van der Waals surface area contributed by atoms with Gasteiger partial charge >= 0.3 is 0 Å². The summed E-state index contributed by atoms with van der Waals surface area (Å²) >= 11 is 3.54. The minimum atomic E-state index is -0.358. The third kappa shape index (κ3) is 3.47. The molecule has 1 unspecified atom stereocenters. The lowest BCUT2D eigenvalue weighted by Gasteiger charge is -2.08. The third-order valence-electron chi connectivity index (χ3n) is 2.70. The number of aryl methyl sites for hydroxylation is 1. The first-order valence-electron chi connectivity index (χ1n) is 5.82. The molecule has 2 heterocycles. The zero-order chi connectivity index (χ0) is 12.3. The van der Waals surface area contributed by atoms with Gasteiger partial charge in [-0.2, -0.15) is 11.8 Å². The molecule has 5 heteroatoms. The van der Waals surface area contributed by atoms with Crippen LogP contribution in [-0.2, 0) is 12.2 Å². The molecule has 0 aromatic carbocycles. The van der Waals surface area contributed by atoms with Gasteiger partial charge in [-0.15, -0.1) is 11.3 Å². The molecular weight excluding hydrogens is 254 g/mol. The van der Waals surface area contributed by atoms with E-state index >= 15 is 0 Å². The van der Waals surface area contributed by atoms with Crippen molar-refractivity contribution in [3.8, 4) is 0 Å². The van der Waals surface area contributed by atoms with Crippen molar-refractivity contribution in [3.63, 3.8) is 0 Å². The van der Waals surface area contributed by atoms with Gasteiger partial charge in [0.25, 0.3) is 5.91 Å². The van der Waals surface area contributed by atoms with Crippen LogP contribution in [0.4, 0.5) is 0 Å². The van der Waals surface area contributed by atoms with E-state index in [0.717, 1.165) is 22.8 Å². The minimum absolute atomic E-state index is 0.00458. The predicted octanol–water partition coefficient (Wildman–Crippen LogP) is 2.04. The lowest BCUT2D eigenvalue weighted by atomic mass is 10.2. The Morgan fingerprint density at radius 1 is 1.65 bits per heavy atom. The first-order chi connectivity index (χ1) is 8.16. The van der Waals surface area contributed by atoms with E-state index in [2.05, 4.69) is 5.32 Å². The summed E-state index contributed by atoms with van der Waals surface area (Å²) in [6.07, 6.45) is 1.33. The number of aliphatic hydroxyl groups excluding tert-OH is 1. The summed E-state index contributed by atoms with van der Waals surface area (Å²) in [5, 5.41) is 12.0. The molecular formula is C12H17NO2S2. The smallest absolute Gasteiger partial charge is 0.261 e. The number of fused-ring (bicyclic) bond motifs is 1. The Kier molecular flexibility index (Phi) is 4.48. The summed E-state index contributed by atoms with van der Waals surface area (Å²) in [5.41, 5.74) is 1.33. The second-order valence-electron chi connectivity index (χ2n) is 4.26. The maximum atomic E-state index is 11.9. The van der Waals surface area contributed by atoms with Crippen LogP contribution < -0.4 is 5.32 Å². The van der Waals surface area contributed by atoms with Crippen molar-refractivity contribution in [3.05, 3.63) is 21.4 Å². The second kappa shape index (κ2) is 5.89. The van der Waals surface area contributed by atoms with Crippen LogP contribution in [0.15, 0.2) is 6.07 Å². The van der Waals surface area contributed by atoms with Crippen LogP contribution in [0.1, 0.15) is 33.5 Å². The average Bonchev–Trinajstić information content (AvgIpc) is 2.71. The van der Waals surface area contributed by atoms with Crippen molar-refractivity contribution < 1.29 is 9.90 Å². The van der Waals surface area contributed by atoms with E-state index in [9.17, 15) is 4.79 Å². The number of nitrogens with one attached hydrogen (secondary N) is 1. The number of hydrogen-bond donors (Lipinski definition) is 2. The molecule has 2 rings (SSSR count). The van der Waals surface area contributed by atoms with E-state index < -0.39 is 0 Å². The third-order valence-corrected chi connectivity index (χ3v) is 4.94. The molecule has 1 aromatic heterocycles. The van der Waals surface area contributed by atoms with Crippen LogP contribution in [0.5, 0.6) is 0 Å². The van der Waals surface area contributed by atoms with Crippen LogP contribution in [0.25, 0.3) is 0 Å². The maximum Gasteiger partial charge on any atom is 0.261 e. The van der Waals surface area contributed by atoms with Gasteiger partial charge in [0, 0.05) is 17.2 Å². The zero-order valence-corrected chi connectivity index (χ0v) is 11.5. The summed E-state index contributed by atoms with van der Waals surface area (Å²) < 4.78 is 0. The highest BCUT2D eigenvalue weighted by Gasteiger charge is 2.17. The van der Waals surface area contributed by atoms with E-state index in [-0.39, 0.29) is 12.0 Å². The molecule has 0 fully saturated rings. The van der Waals surface area contributed by atoms with Crippen molar-refractivity contribution in [1.29, 1.82) is 0 Å². The number of thiophene rings is 1. The van der Waals surface area contributed by atoms with Crippen LogP contribution in [0.3, 0.4) is 0 Å². The van der Waals surface area contributed by atoms with Crippen molar-refractivity contribution in [1.82, 2.24) is 5.32 Å². The summed E-state index contributed by atoms with van der Waals surface area (Å²) in [7, 11) is 0. The number of thioether (sulfide) groups is 1. The Bertz CT molecular complexity index is 378. The van der Waals surface area contributed by atoms with Gasteiger partial charge in [0.05, 0.1) is 11.0 Å². The van der Waals surface area contributed by atoms with Gasteiger partial charge in [0.15, 0.2) is 0 Å². The lowest BCUT2D eigenvalue weighted by Crippen LogP contribution is -2.25. The van der Waals surface area contributed by atoms with E-state index in [1.807, 2.05) is 17.8 Å². The van der Waals surface area contributed by atoms with E-state index in [4.69, 9.17) is 5.11 Å². The molecule has 0 radical (unpaired) electrons. The van der Waals surface area contributed by atoms with Crippen LogP contribution in [0.2, 0.25) is 0 Å². The fraction of sp³-hybridized carbons (Fsp3) is 0.583. The zero-order valence-electron chi connectivity index (χ0n) is 9.86. The molecule has 1 aliphatic heterocycles. The molecule has 1 aromatic rings. The van der Waals surface area contributed by atoms with Gasteiger partial charge < -0.3 is 10.4 Å². The molecule has 0 spiro atoms. The van der Waals surface area contributed by atoms with Crippen LogP contribution in [0, 0.1) is 0 Å². The van der Waals surface area contributed by atoms with E-state index in [1.54, 1.807) is 18.3 Å². The van der Waals surface area contributed by atoms with Crippen LogP contribution in [-0.4, -0.2) is 29.4 Å². The SMILES string of the molecule is CC(O)CCNC(=O)c1cc2c(s1)CCSC2. The Morgan fingerprint density at radius 2 is 2.47 bits per heavy atom. The average molecular weight is 271 g/mol. The molecule has 0 saturated carbocycles. The summed E-state index contributed by atoms with van der Waals surface area (Å²) in [5.74, 6) is 2.19. The van der Waals surface area contributed by atoms with Crippen molar-refractivity contribution in [2.75, 3.05) is 12.3 Å². The topological polar surface area (TPSA) is 49.3 Å². The van der Waals surface area contributed by atoms with E-state index in [1.165, 1.54) is 10.4 Å². The van der Waals surface area contributed by atoms with Crippen molar-refractivity contribution >= 4 is 29.0 Å². The quantitative estimate of drug-likeness (QED) is 0.881. The predicted molar refractivity (Wildman–Crippen MR) is 72.8 cm³/mol. The molecule has 0 bridgehead atoms. The molecule has 0 saturated heterocycles. The van der Waals surface area contributed by atoms with Crippen LogP contribution >= 0.6 is 23.1 Å². The van der Waals surface area contributed by atoms with E-state index in [0.29, 0.717) is 13.0 Å². The largest absolute Gasteiger partial charge is 0.393 e. The molecule has 0 aliphatic carbocycles. The maximum absolute atomic E-state index is 11.9. The van der Waals surface area contributed by atoms with Gasteiger partial charge in [-0.3, -0.25) is 4.79 Å². The molecule has 1 atom stereocenters. The Labute approximate surface area is 110 Å². The Hall–Kier alpha value is -0.520. The Morgan fingerprint density at radius 3 is 3.18 bits per heavy atom. The van der Waals surface area contributed by atoms with Gasteiger partial charge in [-0.1, -0.05) is 0 Å². The van der Waals surface area contributed by atoms with Crippen molar-refractivity contribution in [2.24, 2.45) is 0 Å². The number of amides is 1. The molecule has 2 N–H and O–H groups in total. The minimum Gasteiger partial charge on any atom is -0.393 e. The lowest BCUT2D eigenvalue weighted by molar-refractivity contribution is 0.0949. The van der Waals surface area contributed by atoms with Gasteiger partial charge in [-0.25, -0.2) is 0 Å². The highest BCUT2D eigenvalue weighted by molar-refractivity contribution is 7.98. The Balaban J connectivity index is 1.92. The monoisotopic (exact) mass is 271 g/mol. The highest BCUT2D eigenvalue weighted by atomic mass is 32.2. The number of rotatable bonds is 4. The fourth-order valence-corrected chi connectivity index (χ4v) is 4.03. The first kappa shape index (κ1) is 12.9. The molecule has 1 aliphatic rings. The highest BCUT2D eigenvalue weighted by Crippen LogP contribution is 2.31. The summed E-state index contributed by atoms with van der Waals surface area (Å²) in [4.78, 5) is 14.0. The van der Waals surface area contributed by atoms with Gasteiger partial charge in [0.1, 0.15) is 0 Å². The van der Waals surface area contributed by atoms with Gasteiger partial charge in [-0.05, 0) is 37.1 Å².